The number of aliphatic hydroxyl groups is 1. The van der Waals surface area contributed by atoms with E-state index in [2.05, 4.69) is 40.6 Å². The van der Waals surface area contributed by atoms with Crippen molar-refractivity contribution in [3.8, 4) is 16.9 Å². The first-order valence-corrected chi connectivity index (χ1v) is 13.6. The lowest BCUT2D eigenvalue weighted by Crippen LogP contribution is -2.50. The number of carbonyl (C=O) groups excluding carboxylic acids is 1. The van der Waals surface area contributed by atoms with Crippen LogP contribution in [0, 0.1) is 5.41 Å². The number of ether oxygens (including phenoxy) is 1. The van der Waals surface area contributed by atoms with Crippen molar-refractivity contribution in [1.82, 2.24) is 19.4 Å². The van der Waals surface area contributed by atoms with Gasteiger partial charge in [0.2, 0.25) is 0 Å². The van der Waals surface area contributed by atoms with Crippen LogP contribution in [-0.4, -0.2) is 57.2 Å². The second-order valence-electron chi connectivity index (χ2n) is 11.3. The molecule has 1 amide bonds. The van der Waals surface area contributed by atoms with Gasteiger partial charge in [0.25, 0.3) is 11.5 Å². The smallest absolute Gasteiger partial charge is 0.275 e. The number of aliphatic hydroxyl groups excluding tert-OH is 1. The fourth-order valence-electron chi connectivity index (χ4n) is 5.49. The summed E-state index contributed by atoms with van der Waals surface area (Å²) in [7, 11) is 3.22. The summed E-state index contributed by atoms with van der Waals surface area (Å²) < 4.78 is 6.63. The minimum Gasteiger partial charge on any atom is -0.495 e. The third kappa shape index (κ3) is 5.74. The Morgan fingerprint density at radius 1 is 1.15 bits per heavy atom. The van der Waals surface area contributed by atoms with Crippen LogP contribution in [0.25, 0.3) is 11.1 Å². The van der Waals surface area contributed by atoms with Gasteiger partial charge in [0.1, 0.15) is 28.8 Å². The van der Waals surface area contributed by atoms with Gasteiger partial charge in [-0.3, -0.25) is 14.5 Å². The number of amides is 1. The number of hydrogen-bond acceptors (Lipinski definition) is 8. The van der Waals surface area contributed by atoms with E-state index in [4.69, 9.17) is 4.74 Å². The zero-order valence-electron chi connectivity index (χ0n) is 24.0. The van der Waals surface area contributed by atoms with Gasteiger partial charge in [0.15, 0.2) is 0 Å². The van der Waals surface area contributed by atoms with Crippen molar-refractivity contribution in [2.75, 3.05) is 37.0 Å². The van der Waals surface area contributed by atoms with Crippen molar-refractivity contribution < 1.29 is 14.6 Å². The first-order valence-electron chi connectivity index (χ1n) is 13.6. The molecule has 5 rings (SSSR count). The van der Waals surface area contributed by atoms with Gasteiger partial charge in [0, 0.05) is 50.2 Å². The highest BCUT2D eigenvalue weighted by Gasteiger charge is 2.35. The van der Waals surface area contributed by atoms with Crippen molar-refractivity contribution in [2.24, 2.45) is 12.5 Å². The number of piperazine rings is 1. The Labute approximate surface area is 239 Å². The quantitative estimate of drug-likeness (QED) is 0.469. The van der Waals surface area contributed by atoms with Gasteiger partial charge in [-0.15, -0.1) is 0 Å². The summed E-state index contributed by atoms with van der Waals surface area (Å²) in [4.78, 5) is 39.4. The van der Waals surface area contributed by atoms with Crippen LogP contribution in [0.2, 0.25) is 0 Å². The molecule has 0 aromatic carbocycles. The summed E-state index contributed by atoms with van der Waals surface area (Å²) in [5.41, 5.74) is 3.58. The number of nitrogens with zero attached hydrogens (tertiary/aromatic N) is 5. The molecule has 3 aromatic rings. The van der Waals surface area contributed by atoms with Gasteiger partial charge in [-0.05, 0) is 54.2 Å². The summed E-state index contributed by atoms with van der Waals surface area (Å²) in [5.74, 6) is 1.33. The first-order chi connectivity index (χ1) is 19.6. The maximum Gasteiger partial charge on any atom is 0.275 e. The van der Waals surface area contributed by atoms with Crippen molar-refractivity contribution in [1.29, 1.82) is 0 Å². The Morgan fingerprint density at radius 2 is 1.95 bits per heavy atom. The average Bonchev–Trinajstić information content (AvgIpc) is 2.94. The summed E-state index contributed by atoms with van der Waals surface area (Å²) >= 11 is 0. The van der Waals surface area contributed by atoms with Crippen molar-refractivity contribution in [2.45, 2.75) is 33.3 Å². The Bertz CT molecular complexity index is 1570. The molecule has 1 fully saturated rings. The van der Waals surface area contributed by atoms with E-state index in [1.165, 1.54) is 4.57 Å². The number of aromatic nitrogens is 3. The highest BCUT2D eigenvalue weighted by molar-refractivity contribution is 6.06. The number of aryl methyl sites for hydroxylation is 1. The van der Waals surface area contributed by atoms with Gasteiger partial charge in [-0.2, -0.15) is 0 Å². The van der Waals surface area contributed by atoms with E-state index in [0.29, 0.717) is 58.5 Å². The molecule has 1 saturated heterocycles. The number of carbonyl (C=O) groups is 1. The first kappa shape index (κ1) is 28.1. The lowest BCUT2D eigenvalue weighted by molar-refractivity contribution is -0.118. The molecule has 2 aliphatic rings. The van der Waals surface area contributed by atoms with Crippen molar-refractivity contribution in [3.05, 3.63) is 82.7 Å². The Morgan fingerprint density at radius 3 is 2.66 bits per heavy atom. The molecule has 0 saturated carbocycles. The van der Waals surface area contributed by atoms with Crippen LogP contribution in [0.3, 0.4) is 0 Å². The Hall–Kier alpha value is -4.44. The van der Waals surface area contributed by atoms with Crippen LogP contribution in [-0.2, 0) is 18.4 Å². The minimum atomic E-state index is -0.336. The predicted molar refractivity (Wildman–Crippen MR) is 159 cm³/mol. The average molecular weight is 557 g/mol. The van der Waals surface area contributed by atoms with Gasteiger partial charge < -0.3 is 24.6 Å². The van der Waals surface area contributed by atoms with Crippen LogP contribution in [0.5, 0.6) is 5.75 Å². The van der Waals surface area contributed by atoms with E-state index in [-0.39, 0.29) is 23.5 Å². The number of anilines is 3. The Kier molecular flexibility index (Phi) is 7.68. The monoisotopic (exact) mass is 556 g/mol. The third-order valence-corrected chi connectivity index (χ3v) is 7.68. The fourth-order valence-corrected chi connectivity index (χ4v) is 5.49. The maximum atomic E-state index is 13.8. The van der Waals surface area contributed by atoms with Gasteiger partial charge >= 0.3 is 0 Å². The summed E-state index contributed by atoms with van der Waals surface area (Å²) in [5, 5.41) is 13.6. The van der Waals surface area contributed by atoms with E-state index in [1.807, 2.05) is 6.08 Å². The summed E-state index contributed by atoms with van der Waals surface area (Å²) in [6, 6.07) is 6.97. The molecule has 0 unspecified atom stereocenters. The van der Waals surface area contributed by atoms with E-state index in [1.54, 1.807) is 61.9 Å². The molecule has 10 nitrogen and oxygen atoms in total. The number of hydrogen-bond donors (Lipinski definition) is 2. The second kappa shape index (κ2) is 11.2. The van der Waals surface area contributed by atoms with E-state index in [9.17, 15) is 14.7 Å². The van der Waals surface area contributed by atoms with Crippen LogP contribution in [0.4, 0.5) is 17.3 Å². The second-order valence-corrected chi connectivity index (χ2v) is 11.3. The molecular weight excluding hydrogens is 520 g/mol. The number of rotatable bonds is 6. The zero-order chi connectivity index (χ0) is 29.3. The predicted octanol–water partition coefficient (Wildman–Crippen LogP) is 4.00. The van der Waals surface area contributed by atoms with Crippen molar-refractivity contribution >= 4 is 23.2 Å². The topological polar surface area (TPSA) is 113 Å². The SMILES string of the molecule is C=C1/C=C2/C(=O)N(c3nccc(-c4cc(Nc5ccc(OC)cn5)c(=O)n(C)c4)c3CO)CCN2CCC(C)(C)C1. The highest BCUT2D eigenvalue weighted by atomic mass is 16.5. The standard InChI is InChI=1S/C31H36N6O4/c1-20-14-26-30(40)37(13-12-36(26)11-9-31(2,3)16-20)28-24(19-38)23(8-10-32-28)21-15-25(29(39)35(4)18-21)34-27-7-6-22(41-5)17-33-27/h6-8,10,14-15,17-18,38H,1,9,11-13,16,19H2,2-5H3,(H,33,34)/b26-14-. The summed E-state index contributed by atoms with van der Waals surface area (Å²) in [6.07, 6.45) is 8.57. The molecule has 2 N–H and O–H groups in total. The molecule has 5 heterocycles. The van der Waals surface area contributed by atoms with E-state index >= 15 is 0 Å². The molecule has 2 aliphatic heterocycles. The minimum absolute atomic E-state index is 0.117. The highest BCUT2D eigenvalue weighted by Crippen LogP contribution is 2.36. The van der Waals surface area contributed by atoms with E-state index in [0.717, 1.165) is 25.0 Å². The van der Waals surface area contributed by atoms with Crippen molar-refractivity contribution in [3.63, 3.8) is 0 Å². The number of pyridine rings is 3. The molecule has 41 heavy (non-hydrogen) atoms. The zero-order valence-corrected chi connectivity index (χ0v) is 24.0. The summed E-state index contributed by atoms with van der Waals surface area (Å²) in [6.45, 7) is 10.2. The maximum absolute atomic E-state index is 13.8. The van der Waals surface area contributed by atoms with Gasteiger partial charge in [-0.1, -0.05) is 26.0 Å². The van der Waals surface area contributed by atoms with Gasteiger partial charge in [0.05, 0.1) is 19.9 Å². The Balaban J connectivity index is 1.51. The molecule has 10 heteroatoms. The lowest BCUT2D eigenvalue weighted by atomic mass is 9.81. The number of fused-ring (bicyclic) bond motifs is 1. The van der Waals surface area contributed by atoms with Crippen LogP contribution in [0.15, 0.2) is 71.6 Å². The fraction of sp³-hybridized carbons (Fsp3) is 0.355. The molecule has 3 aromatic heterocycles. The molecule has 0 aliphatic carbocycles. The molecular formula is C31H36N6O4. The van der Waals surface area contributed by atoms with Crippen LogP contribution < -0.4 is 20.5 Å². The largest absolute Gasteiger partial charge is 0.495 e. The number of methoxy groups -OCH3 is 1. The number of nitrogens with one attached hydrogen (secondary N) is 1. The molecule has 0 spiro atoms. The normalized spacial score (nSPS) is 18.2. The van der Waals surface area contributed by atoms with Crippen LogP contribution >= 0.6 is 0 Å². The van der Waals surface area contributed by atoms with E-state index < -0.39 is 0 Å². The third-order valence-electron chi connectivity index (χ3n) is 7.68. The molecule has 0 bridgehead atoms. The molecule has 0 atom stereocenters. The van der Waals surface area contributed by atoms with Crippen LogP contribution in [0.1, 0.15) is 32.3 Å². The van der Waals surface area contributed by atoms with Gasteiger partial charge in [-0.25, -0.2) is 9.97 Å². The number of allylic oxidation sites excluding steroid dienone is 2. The lowest BCUT2D eigenvalue weighted by Gasteiger charge is -2.41. The molecule has 0 radical (unpaired) electrons. The molecule has 214 valence electrons.